The maximum atomic E-state index is 6.15. The molecule has 9 aromatic rings. The summed E-state index contributed by atoms with van der Waals surface area (Å²) in [5.41, 5.74) is 14.4. The number of rotatable bonds is 4. The molecule has 0 spiro atoms. The first-order valence-corrected chi connectivity index (χ1v) is 19.3. The third kappa shape index (κ3) is 4.32. The predicted octanol–water partition coefficient (Wildman–Crippen LogP) is 12.9. The average molecular weight is 711 g/mol. The Balaban J connectivity index is 1.18. The Hall–Kier alpha value is -6.23. The van der Waals surface area contributed by atoms with E-state index in [9.17, 15) is 0 Å². The Kier molecular flexibility index (Phi) is 6.75. The molecule has 4 heteroatoms. The molecule has 54 heavy (non-hydrogen) atoms. The lowest BCUT2D eigenvalue weighted by Gasteiger charge is -2.43. The van der Waals surface area contributed by atoms with Gasteiger partial charge in [0.1, 0.15) is 11.2 Å². The van der Waals surface area contributed by atoms with Gasteiger partial charge in [0.05, 0.1) is 11.1 Å². The second kappa shape index (κ2) is 11.6. The third-order valence-electron chi connectivity index (χ3n) is 11.7. The zero-order chi connectivity index (χ0) is 36.0. The Bertz CT molecular complexity index is 2910. The van der Waals surface area contributed by atoms with Gasteiger partial charge in [0.15, 0.2) is 5.82 Å². The topological polar surface area (TPSA) is 38.9 Å². The molecule has 0 atom stereocenters. The molecule has 0 amide bonds. The number of aromatic nitrogens is 2. The van der Waals surface area contributed by atoms with Crippen LogP contribution in [0.15, 0.2) is 184 Å². The number of fused-ring (bicyclic) bond motifs is 9. The van der Waals surface area contributed by atoms with Crippen LogP contribution in [0.4, 0.5) is 0 Å². The number of nitrogens with zero attached hydrogens (tertiary/aromatic N) is 2. The molecular formula is C50H34N2OS. The molecule has 1 aliphatic heterocycles. The quantitative estimate of drug-likeness (QED) is 0.182. The van der Waals surface area contributed by atoms with Crippen molar-refractivity contribution in [2.45, 2.75) is 34.5 Å². The normalized spacial score (nSPS) is 14.7. The first kappa shape index (κ1) is 31.3. The van der Waals surface area contributed by atoms with Crippen LogP contribution in [0.1, 0.15) is 47.2 Å². The monoisotopic (exact) mass is 710 g/mol. The summed E-state index contributed by atoms with van der Waals surface area (Å²) in [5.74, 6) is 0.709. The second-order valence-electron chi connectivity index (χ2n) is 14.9. The maximum absolute atomic E-state index is 6.15. The van der Waals surface area contributed by atoms with Gasteiger partial charge in [0.2, 0.25) is 0 Å². The van der Waals surface area contributed by atoms with E-state index in [0.29, 0.717) is 5.82 Å². The molecule has 2 aromatic heterocycles. The Morgan fingerprint density at radius 3 is 1.98 bits per heavy atom. The van der Waals surface area contributed by atoms with E-state index in [1.54, 1.807) is 0 Å². The predicted molar refractivity (Wildman–Crippen MR) is 220 cm³/mol. The van der Waals surface area contributed by atoms with E-state index in [4.69, 9.17) is 14.4 Å². The number of hydrogen-bond donors (Lipinski definition) is 0. The second-order valence-corrected chi connectivity index (χ2v) is 15.9. The van der Waals surface area contributed by atoms with Gasteiger partial charge in [-0.1, -0.05) is 159 Å². The zero-order valence-electron chi connectivity index (χ0n) is 29.9. The van der Waals surface area contributed by atoms with Crippen molar-refractivity contribution >= 4 is 33.7 Å². The fourth-order valence-electron chi connectivity index (χ4n) is 9.23. The highest BCUT2D eigenvalue weighted by atomic mass is 32.2. The van der Waals surface area contributed by atoms with E-state index in [1.807, 2.05) is 36.2 Å². The fraction of sp³-hybridized carbons (Fsp3) is 0.0800. The molecule has 0 saturated carbocycles. The van der Waals surface area contributed by atoms with Crippen LogP contribution in [0.25, 0.3) is 55.7 Å². The fourth-order valence-corrected chi connectivity index (χ4v) is 10.7. The summed E-state index contributed by atoms with van der Waals surface area (Å²) in [6.07, 6.45) is 1.90. The smallest absolute Gasteiger partial charge is 0.160 e. The molecule has 3 heterocycles. The van der Waals surface area contributed by atoms with Gasteiger partial charge in [-0.3, -0.25) is 0 Å². The minimum absolute atomic E-state index is 0.123. The van der Waals surface area contributed by atoms with Gasteiger partial charge >= 0.3 is 0 Å². The molecule has 0 unspecified atom stereocenters. The molecular weight excluding hydrogens is 677 g/mol. The van der Waals surface area contributed by atoms with Gasteiger partial charge in [-0.05, 0) is 69.3 Å². The molecule has 2 aliphatic rings. The van der Waals surface area contributed by atoms with Gasteiger partial charge < -0.3 is 4.42 Å². The van der Waals surface area contributed by atoms with Gasteiger partial charge in [0, 0.05) is 48.9 Å². The molecule has 7 aromatic carbocycles. The van der Waals surface area contributed by atoms with E-state index in [1.165, 1.54) is 54.3 Å². The van der Waals surface area contributed by atoms with Gasteiger partial charge in [-0.2, -0.15) is 0 Å². The summed E-state index contributed by atoms with van der Waals surface area (Å²) in [5, 5.41) is 2.19. The highest BCUT2D eigenvalue weighted by Gasteiger charge is 2.48. The standard InChI is InChI=1S/C50H34N2OS/c1-49(2)38-21-11-9-19-35(38)45-39(49)25-26-41-47(45)54-46-36(20-13-22-40(46)50(41,32-14-5-3-6-15-32)33-16-7-4-8-17-33)48-51-29-28-42(52-48)31-24-27-44-37(30-31)34-18-10-12-23-43(34)53-44/h3-30H,1-2H3. The van der Waals surface area contributed by atoms with Crippen molar-refractivity contribution in [3.63, 3.8) is 0 Å². The molecule has 0 fully saturated rings. The van der Waals surface area contributed by atoms with Crippen molar-refractivity contribution in [1.82, 2.24) is 9.97 Å². The SMILES string of the molecule is CC1(C)c2ccccc2-c2c1ccc1c2Sc2c(-c3nccc(-c4ccc5oc6ccccc6c5c4)n3)cccc2C1(c1ccccc1)c1ccccc1. The van der Waals surface area contributed by atoms with Gasteiger partial charge in [-0.15, -0.1) is 0 Å². The van der Waals surface area contributed by atoms with Crippen LogP contribution >= 0.6 is 11.8 Å². The van der Waals surface area contributed by atoms with E-state index in [0.717, 1.165) is 38.8 Å². The minimum Gasteiger partial charge on any atom is -0.456 e. The number of furan rings is 1. The molecule has 0 N–H and O–H groups in total. The third-order valence-corrected chi connectivity index (χ3v) is 13.0. The van der Waals surface area contributed by atoms with Gasteiger partial charge in [-0.25, -0.2) is 9.97 Å². The van der Waals surface area contributed by atoms with E-state index >= 15 is 0 Å². The average Bonchev–Trinajstić information content (AvgIpc) is 3.72. The minimum atomic E-state index is -0.587. The number of para-hydroxylation sites is 1. The van der Waals surface area contributed by atoms with Crippen LogP contribution in [-0.4, -0.2) is 9.97 Å². The Morgan fingerprint density at radius 2 is 1.17 bits per heavy atom. The summed E-state index contributed by atoms with van der Waals surface area (Å²) >= 11 is 1.88. The molecule has 256 valence electrons. The summed E-state index contributed by atoms with van der Waals surface area (Å²) in [4.78, 5) is 12.8. The van der Waals surface area contributed by atoms with Crippen molar-refractivity contribution in [2.75, 3.05) is 0 Å². The van der Waals surface area contributed by atoms with Crippen molar-refractivity contribution in [2.24, 2.45) is 0 Å². The van der Waals surface area contributed by atoms with Crippen LogP contribution in [0.5, 0.6) is 0 Å². The van der Waals surface area contributed by atoms with Crippen LogP contribution in [0.3, 0.4) is 0 Å². The lowest BCUT2D eigenvalue weighted by Crippen LogP contribution is -2.34. The summed E-state index contributed by atoms with van der Waals surface area (Å²) < 4.78 is 6.15. The molecule has 0 bridgehead atoms. The summed E-state index contributed by atoms with van der Waals surface area (Å²) in [6.45, 7) is 4.73. The molecule has 0 saturated heterocycles. The molecule has 0 radical (unpaired) electrons. The van der Waals surface area contributed by atoms with Crippen LogP contribution in [0.2, 0.25) is 0 Å². The lowest BCUT2D eigenvalue weighted by molar-refractivity contribution is 0.655. The first-order valence-electron chi connectivity index (χ1n) is 18.5. The highest BCUT2D eigenvalue weighted by molar-refractivity contribution is 7.99. The van der Waals surface area contributed by atoms with Crippen molar-refractivity contribution in [3.8, 4) is 33.8 Å². The maximum Gasteiger partial charge on any atom is 0.160 e. The van der Waals surface area contributed by atoms with Crippen LogP contribution in [-0.2, 0) is 10.8 Å². The Labute approximate surface area is 318 Å². The number of hydrogen-bond acceptors (Lipinski definition) is 4. The van der Waals surface area contributed by atoms with E-state index < -0.39 is 5.41 Å². The largest absolute Gasteiger partial charge is 0.456 e. The van der Waals surface area contributed by atoms with E-state index in [-0.39, 0.29) is 5.41 Å². The van der Waals surface area contributed by atoms with Crippen molar-refractivity contribution < 1.29 is 4.42 Å². The molecule has 1 aliphatic carbocycles. The molecule has 3 nitrogen and oxygen atoms in total. The van der Waals surface area contributed by atoms with Gasteiger partial charge in [0.25, 0.3) is 0 Å². The van der Waals surface area contributed by atoms with Crippen LogP contribution in [0, 0.1) is 0 Å². The summed E-state index contributed by atoms with van der Waals surface area (Å²) in [7, 11) is 0. The van der Waals surface area contributed by atoms with Crippen molar-refractivity contribution in [3.05, 3.63) is 203 Å². The first-order chi connectivity index (χ1) is 26.5. The van der Waals surface area contributed by atoms with E-state index in [2.05, 4.69) is 159 Å². The van der Waals surface area contributed by atoms with Crippen molar-refractivity contribution in [1.29, 1.82) is 0 Å². The Morgan fingerprint density at radius 1 is 0.519 bits per heavy atom. The van der Waals surface area contributed by atoms with Crippen LogP contribution < -0.4 is 0 Å². The lowest BCUT2D eigenvalue weighted by atomic mass is 9.64. The molecule has 11 rings (SSSR count). The number of benzene rings is 7. The zero-order valence-corrected chi connectivity index (χ0v) is 30.7. The highest BCUT2D eigenvalue weighted by Crippen LogP contribution is 2.62. The summed E-state index contributed by atoms with van der Waals surface area (Å²) in [6, 6.07) is 59.1.